The van der Waals surface area contributed by atoms with Crippen molar-refractivity contribution in [3.8, 4) is 10.6 Å². The SMILES string of the molecule is Cc1ccc(-c2nc(CN3CCCCC3C)cs2)cc1. The molecule has 0 spiro atoms. The van der Waals surface area contributed by atoms with E-state index in [9.17, 15) is 0 Å². The number of hydrogen-bond donors (Lipinski definition) is 0. The minimum absolute atomic E-state index is 0.702. The van der Waals surface area contributed by atoms with Crippen LogP contribution in [0, 0.1) is 6.92 Å². The van der Waals surface area contributed by atoms with Gasteiger partial charge in [0.15, 0.2) is 0 Å². The summed E-state index contributed by atoms with van der Waals surface area (Å²) in [4.78, 5) is 7.38. The van der Waals surface area contributed by atoms with Gasteiger partial charge in [0.2, 0.25) is 0 Å². The van der Waals surface area contributed by atoms with Crippen molar-refractivity contribution in [2.75, 3.05) is 6.54 Å². The Balaban J connectivity index is 1.71. The molecular formula is C17H22N2S. The van der Waals surface area contributed by atoms with Crippen LogP contribution in [0.4, 0.5) is 0 Å². The van der Waals surface area contributed by atoms with Gasteiger partial charge >= 0.3 is 0 Å². The smallest absolute Gasteiger partial charge is 0.123 e. The Morgan fingerprint density at radius 3 is 2.80 bits per heavy atom. The Labute approximate surface area is 125 Å². The lowest BCUT2D eigenvalue weighted by Crippen LogP contribution is -2.36. The summed E-state index contributed by atoms with van der Waals surface area (Å²) in [5.41, 5.74) is 3.76. The average Bonchev–Trinajstić information content (AvgIpc) is 2.91. The van der Waals surface area contributed by atoms with Crippen LogP contribution >= 0.6 is 11.3 Å². The topological polar surface area (TPSA) is 16.1 Å². The van der Waals surface area contributed by atoms with E-state index in [0.717, 1.165) is 11.6 Å². The molecule has 1 aromatic heterocycles. The van der Waals surface area contributed by atoms with Crippen LogP contribution in [0.3, 0.4) is 0 Å². The first-order chi connectivity index (χ1) is 9.72. The van der Waals surface area contributed by atoms with Crippen molar-refractivity contribution in [3.05, 3.63) is 40.9 Å². The molecule has 0 radical (unpaired) electrons. The van der Waals surface area contributed by atoms with Crippen molar-refractivity contribution in [2.24, 2.45) is 0 Å². The van der Waals surface area contributed by atoms with Crippen LogP contribution in [-0.4, -0.2) is 22.5 Å². The van der Waals surface area contributed by atoms with E-state index >= 15 is 0 Å². The molecule has 1 aliphatic rings. The number of hydrogen-bond acceptors (Lipinski definition) is 3. The van der Waals surface area contributed by atoms with Gasteiger partial charge in [-0.25, -0.2) is 4.98 Å². The summed E-state index contributed by atoms with van der Waals surface area (Å²) in [6.45, 7) is 6.68. The van der Waals surface area contributed by atoms with Crippen LogP contribution in [-0.2, 0) is 6.54 Å². The molecule has 2 aromatic rings. The van der Waals surface area contributed by atoms with Gasteiger partial charge < -0.3 is 0 Å². The van der Waals surface area contributed by atoms with E-state index in [1.807, 2.05) is 0 Å². The van der Waals surface area contributed by atoms with Crippen LogP contribution in [0.5, 0.6) is 0 Å². The lowest BCUT2D eigenvalue weighted by molar-refractivity contribution is 0.151. The molecule has 2 nitrogen and oxygen atoms in total. The molecule has 0 N–H and O–H groups in total. The first-order valence-electron chi connectivity index (χ1n) is 7.48. The molecule has 20 heavy (non-hydrogen) atoms. The summed E-state index contributed by atoms with van der Waals surface area (Å²) >= 11 is 1.76. The zero-order valence-corrected chi connectivity index (χ0v) is 13.1. The fourth-order valence-corrected chi connectivity index (χ4v) is 3.63. The Hall–Kier alpha value is -1.19. The second-order valence-corrected chi connectivity index (χ2v) is 6.68. The van der Waals surface area contributed by atoms with Gasteiger partial charge in [0.05, 0.1) is 5.69 Å². The highest BCUT2D eigenvalue weighted by molar-refractivity contribution is 7.13. The molecule has 1 atom stereocenters. The molecule has 0 aliphatic carbocycles. The van der Waals surface area contributed by atoms with Gasteiger partial charge in [0, 0.05) is 23.5 Å². The van der Waals surface area contributed by atoms with Gasteiger partial charge in [0.1, 0.15) is 5.01 Å². The third-order valence-electron chi connectivity index (χ3n) is 4.16. The van der Waals surface area contributed by atoms with Crippen LogP contribution in [0.15, 0.2) is 29.6 Å². The number of aryl methyl sites for hydroxylation is 1. The lowest BCUT2D eigenvalue weighted by Gasteiger charge is -2.32. The fraction of sp³-hybridized carbons (Fsp3) is 0.471. The Kier molecular flexibility index (Phi) is 4.18. The van der Waals surface area contributed by atoms with E-state index in [1.54, 1.807) is 11.3 Å². The minimum atomic E-state index is 0.702. The maximum Gasteiger partial charge on any atom is 0.123 e. The number of rotatable bonds is 3. The van der Waals surface area contributed by atoms with Crippen molar-refractivity contribution >= 4 is 11.3 Å². The highest BCUT2D eigenvalue weighted by Gasteiger charge is 2.19. The first-order valence-corrected chi connectivity index (χ1v) is 8.36. The quantitative estimate of drug-likeness (QED) is 0.826. The van der Waals surface area contributed by atoms with Crippen molar-refractivity contribution in [3.63, 3.8) is 0 Å². The van der Waals surface area contributed by atoms with Crippen molar-refractivity contribution in [1.82, 2.24) is 9.88 Å². The van der Waals surface area contributed by atoms with E-state index in [1.165, 1.54) is 42.6 Å². The molecule has 1 fully saturated rings. The maximum atomic E-state index is 4.82. The minimum Gasteiger partial charge on any atom is -0.295 e. The normalized spacial score (nSPS) is 20.2. The Morgan fingerprint density at radius 2 is 2.05 bits per heavy atom. The second-order valence-electron chi connectivity index (χ2n) is 5.83. The van der Waals surface area contributed by atoms with Gasteiger partial charge in [-0.05, 0) is 33.2 Å². The van der Waals surface area contributed by atoms with E-state index in [2.05, 4.69) is 48.4 Å². The number of aromatic nitrogens is 1. The van der Waals surface area contributed by atoms with Gasteiger partial charge in [-0.1, -0.05) is 36.2 Å². The predicted octanol–water partition coefficient (Wildman–Crippen LogP) is 4.49. The molecule has 2 heterocycles. The van der Waals surface area contributed by atoms with E-state index < -0.39 is 0 Å². The monoisotopic (exact) mass is 286 g/mol. The largest absolute Gasteiger partial charge is 0.295 e. The molecule has 1 aliphatic heterocycles. The predicted molar refractivity (Wildman–Crippen MR) is 86.0 cm³/mol. The number of nitrogens with zero attached hydrogens (tertiary/aromatic N) is 2. The zero-order chi connectivity index (χ0) is 13.9. The lowest BCUT2D eigenvalue weighted by atomic mass is 10.0. The van der Waals surface area contributed by atoms with Gasteiger partial charge in [-0.2, -0.15) is 0 Å². The maximum absolute atomic E-state index is 4.82. The van der Waals surface area contributed by atoms with E-state index in [0.29, 0.717) is 6.04 Å². The molecule has 0 saturated carbocycles. The summed E-state index contributed by atoms with van der Waals surface area (Å²) in [5.74, 6) is 0. The summed E-state index contributed by atoms with van der Waals surface area (Å²) in [5, 5.41) is 3.36. The molecule has 3 rings (SSSR count). The number of benzene rings is 1. The molecule has 1 unspecified atom stereocenters. The molecule has 3 heteroatoms. The molecule has 0 amide bonds. The van der Waals surface area contributed by atoms with Crippen LogP contribution in [0.25, 0.3) is 10.6 Å². The van der Waals surface area contributed by atoms with Gasteiger partial charge in [-0.3, -0.25) is 4.90 Å². The second kappa shape index (κ2) is 6.06. The summed E-state index contributed by atoms with van der Waals surface area (Å²) in [7, 11) is 0. The molecule has 0 bridgehead atoms. The van der Waals surface area contributed by atoms with Crippen molar-refractivity contribution in [2.45, 2.75) is 45.7 Å². The van der Waals surface area contributed by atoms with Crippen molar-refractivity contribution < 1.29 is 0 Å². The zero-order valence-electron chi connectivity index (χ0n) is 12.3. The third-order valence-corrected chi connectivity index (χ3v) is 5.10. The summed E-state index contributed by atoms with van der Waals surface area (Å²) in [6.07, 6.45) is 4.04. The fourth-order valence-electron chi connectivity index (χ4n) is 2.81. The van der Waals surface area contributed by atoms with Gasteiger partial charge in [-0.15, -0.1) is 11.3 Å². The third kappa shape index (κ3) is 3.10. The Bertz CT molecular complexity index is 559. The van der Waals surface area contributed by atoms with E-state index in [4.69, 9.17) is 4.98 Å². The standard InChI is InChI=1S/C17H22N2S/c1-13-6-8-15(9-7-13)17-18-16(12-20-17)11-19-10-4-3-5-14(19)2/h6-9,12,14H,3-5,10-11H2,1-2H3. The number of thiazole rings is 1. The molecule has 106 valence electrons. The number of piperidine rings is 1. The highest BCUT2D eigenvalue weighted by atomic mass is 32.1. The van der Waals surface area contributed by atoms with Gasteiger partial charge in [0.25, 0.3) is 0 Å². The van der Waals surface area contributed by atoms with Crippen LogP contribution in [0.1, 0.15) is 37.4 Å². The van der Waals surface area contributed by atoms with Crippen LogP contribution in [0.2, 0.25) is 0 Å². The highest BCUT2D eigenvalue weighted by Crippen LogP contribution is 2.26. The summed E-state index contributed by atoms with van der Waals surface area (Å²) < 4.78 is 0. The molecular weight excluding hydrogens is 264 g/mol. The summed E-state index contributed by atoms with van der Waals surface area (Å²) in [6, 6.07) is 9.35. The Morgan fingerprint density at radius 1 is 1.25 bits per heavy atom. The van der Waals surface area contributed by atoms with Crippen molar-refractivity contribution in [1.29, 1.82) is 0 Å². The number of likely N-dealkylation sites (tertiary alicyclic amines) is 1. The first kappa shape index (κ1) is 13.8. The van der Waals surface area contributed by atoms with Crippen LogP contribution < -0.4 is 0 Å². The average molecular weight is 286 g/mol. The molecule has 1 aromatic carbocycles. The molecule has 1 saturated heterocycles. The van der Waals surface area contributed by atoms with E-state index in [-0.39, 0.29) is 0 Å².